The molecule has 124 valence electrons. The third-order valence-electron chi connectivity index (χ3n) is 4.25. The van der Waals surface area contributed by atoms with Gasteiger partial charge in [-0.1, -0.05) is 13.8 Å². The number of ether oxygens (including phenoxy) is 2. The number of rotatable bonds is 2. The third-order valence-corrected chi connectivity index (χ3v) is 4.25. The van der Waals surface area contributed by atoms with Gasteiger partial charge in [0.15, 0.2) is 5.65 Å². The van der Waals surface area contributed by atoms with E-state index in [1.165, 1.54) is 7.11 Å². The highest BCUT2D eigenvalue weighted by Crippen LogP contribution is 2.28. The molecule has 7 heteroatoms. The normalized spacial score (nSPS) is 21.9. The summed E-state index contributed by atoms with van der Waals surface area (Å²) in [5.74, 6) is 0.291. The summed E-state index contributed by atoms with van der Waals surface area (Å²) in [7, 11) is 1.41. The lowest BCUT2D eigenvalue weighted by Gasteiger charge is -2.40. The maximum absolute atomic E-state index is 12.2. The van der Waals surface area contributed by atoms with Crippen molar-refractivity contribution in [2.24, 2.45) is 5.92 Å². The quantitative estimate of drug-likeness (QED) is 0.849. The van der Waals surface area contributed by atoms with Crippen LogP contribution in [0.4, 0.5) is 4.79 Å². The summed E-state index contributed by atoms with van der Waals surface area (Å²) in [4.78, 5) is 18.4. The van der Waals surface area contributed by atoms with Crippen molar-refractivity contribution >= 4 is 11.7 Å². The number of nitrogens with zero attached hydrogens (tertiary/aromatic N) is 4. The Morgan fingerprint density at radius 3 is 2.96 bits per heavy atom. The highest BCUT2D eigenvalue weighted by atomic mass is 16.5. The molecule has 2 atom stereocenters. The lowest BCUT2D eigenvalue weighted by molar-refractivity contribution is -0.0716. The summed E-state index contributed by atoms with van der Waals surface area (Å²) < 4.78 is 12.8. The molecule has 0 saturated carbocycles. The Kier molecular flexibility index (Phi) is 4.21. The molecular formula is C16H22N4O3. The molecule has 3 rings (SSSR count). The molecule has 1 aliphatic rings. The molecule has 23 heavy (non-hydrogen) atoms. The number of fused-ring (bicyclic) bond motifs is 1. The van der Waals surface area contributed by atoms with Crippen molar-refractivity contribution in [1.29, 1.82) is 0 Å². The Labute approximate surface area is 135 Å². The van der Waals surface area contributed by atoms with Crippen LogP contribution in [0.5, 0.6) is 0 Å². The first kappa shape index (κ1) is 15.7. The summed E-state index contributed by atoms with van der Waals surface area (Å²) in [5.41, 5.74) is 2.57. The molecule has 0 N–H and O–H groups in total. The van der Waals surface area contributed by atoms with Gasteiger partial charge in [-0.2, -0.15) is 5.10 Å². The van der Waals surface area contributed by atoms with E-state index < -0.39 is 0 Å². The molecule has 3 heterocycles. The van der Waals surface area contributed by atoms with Gasteiger partial charge in [0.05, 0.1) is 38.2 Å². The number of hydrogen-bond acceptors (Lipinski definition) is 5. The highest BCUT2D eigenvalue weighted by Gasteiger charge is 2.36. The van der Waals surface area contributed by atoms with E-state index in [1.807, 2.05) is 19.1 Å². The molecule has 0 aromatic carbocycles. The summed E-state index contributed by atoms with van der Waals surface area (Å²) in [6, 6.07) is 3.82. The molecule has 1 unspecified atom stereocenters. The first-order valence-electron chi connectivity index (χ1n) is 7.78. The first-order chi connectivity index (χ1) is 11.0. The second-order valence-electron chi connectivity index (χ2n) is 6.18. The average Bonchev–Trinajstić information content (AvgIpc) is 3.00. The molecular weight excluding hydrogens is 296 g/mol. The molecule has 7 nitrogen and oxygen atoms in total. The molecule has 1 aliphatic heterocycles. The van der Waals surface area contributed by atoms with Crippen molar-refractivity contribution in [2.75, 3.05) is 20.3 Å². The minimum Gasteiger partial charge on any atom is -0.453 e. The zero-order chi connectivity index (χ0) is 16.6. The molecule has 2 aromatic heterocycles. The summed E-state index contributed by atoms with van der Waals surface area (Å²) in [5, 5.41) is 4.32. The van der Waals surface area contributed by atoms with Crippen LogP contribution in [0.1, 0.15) is 31.3 Å². The summed E-state index contributed by atoms with van der Waals surface area (Å²) in [6.45, 7) is 7.00. The number of carbonyl (C=O) groups is 1. The fourth-order valence-corrected chi connectivity index (χ4v) is 3.03. The van der Waals surface area contributed by atoms with E-state index in [1.54, 1.807) is 15.6 Å². The number of morpholine rings is 1. The highest BCUT2D eigenvalue weighted by molar-refractivity contribution is 5.68. The van der Waals surface area contributed by atoms with Gasteiger partial charge in [-0.05, 0) is 18.9 Å². The number of aryl methyl sites for hydroxylation is 1. The largest absolute Gasteiger partial charge is 0.453 e. The Bertz CT molecular complexity index is 712. The minimum atomic E-state index is -0.320. The second-order valence-corrected chi connectivity index (χ2v) is 6.18. The maximum atomic E-state index is 12.2. The van der Waals surface area contributed by atoms with E-state index in [4.69, 9.17) is 9.47 Å². The van der Waals surface area contributed by atoms with E-state index in [9.17, 15) is 4.79 Å². The van der Waals surface area contributed by atoms with Gasteiger partial charge in [0, 0.05) is 11.8 Å². The number of hydrogen-bond donors (Lipinski definition) is 0. The van der Waals surface area contributed by atoms with Crippen molar-refractivity contribution in [2.45, 2.75) is 32.9 Å². The van der Waals surface area contributed by atoms with Crippen LogP contribution in [0.2, 0.25) is 0 Å². The van der Waals surface area contributed by atoms with E-state index in [0.717, 1.165) is 17.0 Å². The Morgan fingerprint density at radius 2 is 2.26 bits per heavy atom. The van der Waals surface area contributed by atoms with Crippen molar-refractivity contribution in [3.05, 3.63) is 29.7 Å². The maximum Gasteiger partial charge on any atom is 0.409 e. The molecule has 1 amide bonds. The SMILES string of the molecule is COC(=O)N1C[C@H](c2cc(C)nc3ccnn23)OCC1C(C)C. The van der Waals surface area contributed by atoms with Crippen molar-refractivity contribution in [1.82, 2.24) is 19.5 Å². The van der Waals surface area contributed by atoms with Crippen LogP contribution in [0, 0.1) is 12.8 Å². The van der Waals surface area contributed by atoms with E-state index >= 15 is 0 Å². The van der Waals surface area contributed by atoms with Gasteiger partial charge in [-0.15, -0.1) is 0 Å². The summed E-state index contributed by atoms with van der Waals surface area (Å²) in [6.07, 6.45) is 1.14. The predicted octanol–water partition coefficient (Wildman–Crippen LogP) is 2.20. The van der Waals surface area contributed by atoms with Gasteiger partial charge in [-0.25, -0.2) is 14.3 Å². The Hall–Kier alpha value is -2.15. The second kappa shape index (κ2) is 6.16. The lowest BCUT2D eigenvalue weighted by atomic mass is 10.0. The van der Waals surface area contributed by atoms with Gasteiger partial charge in [0.2, 0.25) is 0 Å². The zero-order valence-corrected chi connectivity index (χ0v) is 13.9. The Balaban J connectivity index is 1.94. The number of amides is 1. The zero-order valence-electron chi connectivity index (χ0n) is 13.9. The topological polar surface area (TPSA) is 69.0 Å². The first-order valence-corrected chi connectivity index (χ1v) is 7.78. The molecule has 1 fully saturated rings. The van der Waals surface area contributed by atoms with Crippen LogP contribution in [0.15, 0.2) is 18.3 Å². The number of carbonyl (C=O) groups excluding carboxylic acids is 1. The predicted molar refractivity (Wildman–Crippen MR) is 84.2 cm³/mol. The third kappa shape index (κ3) is 2.88. The van der Waals surface area contributed by atoms with E-state index in [2.05, 4.69) is 23.9 Å². The fraction of sp³-hybridized carbons (Fsp3) is 0.562. The van der Waals surface area contributed by atoms with Crippen molar-refractivity contribution in [3.8, 4) is 0 Å². The minimum absolute atomic E-state index is 0.00902. The van der Waals surface area contributed by atoms with Gasteiger partial charge >= 0.3 is 6.09 Å². The van der Waals surface area contributed by atoms with Crippen molar-refractivity contribution < 1.29 is 14.3 Å². The lowest BCUT2D eigenvalue weighted by Crippen LogP contribution is -2.52. The molecule has 0 spiro atoms. The number of aromatic nitrogens is 3. The average molecular weight is 318 g/mol. The summed E-state index contributed by atoms with van der Waals surface area (Å²) >= 11 is 0. The molecule has 0 bridgehead atoms. The fourth-order valence-electron chi connectivity index (χ4n) is 3.03. The Morgan fingerprint density at radius 1 is 1.48 bits per heavy atom. The van der Waals surface area contributed by atoms with E-state index in [0.29, 0.717) is 19.1 Å². The van der Waals surface area contributed by atoms with Gasteiger partial charge in [0.1, 0.15) is 6.10 Å². The molecule has 0 radical (unpaired) electrons. The van der Waals surface area contributed by atoms with Gasteiger partial charge in [-0.3, -0.25) is 4.90 Å². The smallest absolute Gasteiger partial charge is 0.409 e. The van der Waals surface area contributed by atoms with Crippen LogP contribution in [-0.4, -0.2) is 51.9 Å². The van der Waals surface area contributed by atoms with Crippen LogP contribution in [0.3, 0.4) is 0 Å². The van der Waals surface area contributed by atoms with Crippen LogP contribution in [0.25, 0.3) is 5.65 Å². The standard InChI is InChI=1S/C16H22N4O3/c1-10(2)13-9-23-14(8-19(13)16(21)22-4)12-7-11(3)18-15-5-6-17-20(12)15/h5-7,10,13-14H,8-9H2,1-4H3/t13?,14-/m1/s1. The molecule has 1 saturated heterocycles. The van der Waals surface area contributed by atoms with E-state index in [-0.39, 0.29) is 18.2 Å². The molecule has 0 aliphatic carbocycles. The number of methoxy groups -OCH3 is 1. The van der Waals surface area contributed by atoms with Gasteiger partial charge < -0.3 is 9.47 Å². The molecule has 2 aromatic rings. The van der Waals surface area contributed by atoms with Crippen LogP contribution in [-0.2, 0) is 9.47 Å². The van der Waals surface area contributed by atoms with Crippen LogP contribution < -0.4 is 0 Å². The van der Waals surface area contributed by atoms with Crippen LogP contribution >= 0.6 is 0 Å². The van der Waals surface area contributed by atoms with Crippen molar-refractivity contribution in [3.63, 3.8) is 0 Å². The monoisotopic (exact) mass is 318 g/mol. The van der Waals surface area contributed by atoms with Gasteiger partial charge in [0.25, 0.3) is 0 Å².